The number of hydrogen-bond acceptors (Lipinski definition) is 5. The molecule has 0 radical (unpaired) electrons. The second kappa shape index (κ2) is 7.67. The fraction of sp³-hybridized carbons (Fsp3) is 0.250. The highest BCUT2D eigenvalue weighted by Gasteiger charge is 2.26. The summed E-state index contributed by atoms with van der Waals surface area (Å²) < 4.78 is 5.32. The molecule has 1 saturated heterocycles. The van der Waals surface area contributed by atoms with Gasteiger partial charge in [-0.3, -0.25) is 4.79 Å². The Kier molecular flexibility index (Phi) is 5.37. The summed E-state index contributed by atoms with van der Waals surface area (Å²) in [7, 11) is 0. The number of nitrogens with zero attached hydrogens (tertiary/aromatic N) is 2. The third kappa shape index (κ3) is 4.03. The maximum Gasteiger partial charge on any atom is 0.286 e. The minimum absolute atomic E-state index is 0.152. The highest BCUT2D eigenvalue weighted by atomic mass is 32.2. The van der Waals surface area contributed by atoms with Crippen molar-refractivity contribution >= 4 is 34.6 Å². The van der Waals surface area contributed by atoms with Gasteiger partial charge in [-0.15, -0.1) is 0 Å². The van der Waals surface area contributed by atoms with E-state index in [2.05, 4.69) is 22.0 Å². The van der Waals surface area contributed by atoms with Gasteiger partial charge in [0.1, 0.15) is 0 Å². The molecule has 22 heavy (non-hydrogen) atoms. The number of amidine groups is 1. The van der Waals surface area contributed by atoms with Gasteiger partial charge in [0.15, 0.2) is 5.17 Å². The molecule has 1 aromatic rings. The summed E-state index contributed by atoms with van der Waals surface area (Å²) in [6.45, 7) is 2.99. The molecule has 0 atom stereocenters. The molecular weight excluding hydrogens is 316 g/mol. The molecule has 0 saturated carbocycles. The Morgan fingerprint density at radius 2 is 2.00 bits per heavy atom. The Morgan fingerprint density at radius 3 is 2.77 bits per heavy atom. The smallest absolute Gasteiger partial charge is 0.286 e. The van der Waals surface area contributed by atoms with Crippen molar-refractivity contribution in [2.45, 2.75) is 4.90 Å². The lowest BCUT2D eigenvalue weighted by atomic mass is 10.4. The van der Waals surface area contributed by atoms with Crippen molar-refractivity contribution in [2.24, 2.45) is 4.99 Å². The minimum Gasteiger partial charge on any atom is -0.378 e. The molecule has 1 amide bonds. The van der Waals surface area contributed by atoms with Gasteiger partial charge in [0.05, 0.1) is 18.1 Å². The van der Waals surface area contributed by atoms with E-state index >= 15 is 0 Å². The summed E-state index contributed by atoms with van der Waals surface area (Å²) in [5.74, 6) is -0.152. The van der Waals surface area contributed by atoms with E-state index < -0.39 is 0 Å². The molecule has 2 aliphatic heterocycles. The lowest BCUT2D eigenvalue weighted by molar-refractivity contribution is -0.113. The lowest BCUT2D eigenvalue weighted by Gasteiger charge is -2.27. The van der Waals surface area contributed by atoms with Crippen molar-refractivity contribution in [3.05, 3.63) is 52.8 Å². The van der Waals surface area contributed by atoms with Crippen LogP contribution in [0, 0.1) is 0 Å². The van der Waals surface area contributed by atoms with Crippen LogP contribution in [0.5, 0.6) is 0 Å². The molecule has 4 nitrogen and oxygen atoms in total. The molecule has 1 fully saturated rings. The van der Waals surface area contributed by atoms with E-state index in [1.165, 1.54) is 16.7 Å². The van der Waals surface area contributed by atoms with Crippen molar-refractivity contribution in [2.75, 3.05) is 26.3 Å². The second-order valence-electron chi connectivity index (χ2n) is 4.69. The van der Waals surface area contributed by atoms with Crippen molar-refractivity contribution in [3.63, 3.8) is 0 Å². The first-order valence-corrected chi connectivity index (χ1v) is 8.74. The highest BCUT2D eigenvalue weighted by Crippen LogP contribution is 2.29. The molecule has 6 heteroatoms. The molecule has 0 bridgehead atoms. The van der Waals surface area contributed by atoms with Crippen LogP contribution in [0.3, 0.4) is 0 Å². The fourth-order valence-corrected chi connectivity index (χ4v) is 3.59. The summed E-state index contributed by atoms with van der Waals surface area (Å²) in [4.78, 5) is 20.0. The fourth-order valence-electron chi connectivity index (χ4n) is 2.05. The number of amides is 1. The van der Waals surface area contributed by atoms with E-state index in [0.717, 1.165) is 18.3 Å². The van der Waals surface area contributed by atoms with Crippen LogP contribution >= 0.6 is 23.5 Å². The first-order chi connectivity index (χ1) is 10.8. The van der Waals surface area contributed by atoms with Crippen LogP contribution in [-0.4, -0.2) is 42.3 Å². The molecule has 0 aliphatic carbocycles. The van der Waals surface area contributed by atoms with Gasteiger partial charge in [-0.05, 0) is 35.4 Å². The average Bonchev–Trinajstić information content (AvgIpc) is 2.94. The summed E-state index contributed by atoms with van der Waals surface area (Å²) in [6, 6.07) is 10.1. The van der Waals surface area contributed by atoms with Gasteiger partial charge in [0.2, 0.25) is 0 Å². The van der Waals surface area contributed by atoms with Crippen molar-refractivity contribution in [1.29, 1.82) is 0 Å². The Balaban J connectivity index is 1.56. The summed E-state index contributed by atoms with van der Waals surface area (Å²) in [5.41, 5.74) is 0. The molecule has 2 aliphatic rings. The van der Waals surface area contributed by atoms with Crippen LogP contribution in [0.2, 0.25) is 0 Å². The number of ether oxygens (including phenoxy) is 1. The molecule has 2 heterocycles. The van der Waals surface area contributed by atoms with E-state index in [9.17, 15) is 4.79 Å². The molecule has 0 N–H and O–H groups in total. The number of aliphatic imine (C=N–C) groups is 1. The maximum atomic E-state index is 11.9. The number of morpholine rings is 1. The second-order valence-corrected chi connectivity index (χ2v) is 6.68. The SMILES string of the molecule is O=C1N=C(N2CCOCC2)S/C1=C/C=C/Sc1ccccc1. The average molecular weight is 332 g/mol. The van der Waals surface area contributed by atoms with Gasteiger partial charge in [-0.2, -0.15) is 4.99 Å². The predicted octanol–water partition coefficient (Wildman–Crippen LogP) is 3.14. The molecule has 0 spiro atoms. The molecule has 0 aromatic heterocycles. The van der Waals surface area contributed by atoms with Crippen LogP contribution < -0.4 is 0 Å². The number of hydrogen-bond donors (Lipinski definition) is 0. The van der Waals surface area contributed by atoms with Gasteiger partial charge in [-0.1, -0.05) is 36.0 Å². The molecule has 0 unspecified atom stereocenters. The van der Waals surface area contributed by atoms with Crippen LogP contribution in [-0.2, 0) is 9.53 Å². The van der Waals surface area contributed by atoms with Gasteiger partial charge in [0.25, 0.3) is 5.91 Å². The third-order valence-electron chi connectivity index (χ3n) is 3.16. The van der Waals surface area contributed by atoms with Crippen molar-refractivity contribution in [3.8, 4) is 0 Å². The molecule has 114 valence electrons. The van der Waals surface area contributed by atoms with Gasteiger partial charge < -0.3 is 9.64 Å². The van der Waals surface area contributed by atoms with Gasteiger partial charge >= 0.3 is 0 Å². The standard InChI is InChI=1S/C16H16N2O2S2/c19-15-14(7-4-12-21-13-5-2-1-3-6-13)22-16(17-15)18-8-10-20-11-9-18/h1-7,12H,8-11H2/b12-4+,14-7+. The normalized spacial score (nSPS) is 20.9. The van der Waals surface area contributed by atoms with Crippen LogP contribution in [0.15, 0.2) is 62.7 Å². The minimum atomic E-state index is -0.152. The van der Waals surface area contributed by atoms with Gasteiger partial charge in [0, 0.05) is 18.0 Å². The van der Waals surface area contributed by atoms with E-state index in [1.807, 2.05) is 35.8 Å². The van der Waals surface area contributed by atoms with Crippen molar-refractivity contribution < 1.29 is 9.53 Å². The number of allylic oxidation sites excluding steroid dienone is 2. The lowest BCUT2D eigenvalue weighted by Crippen LogP contribution is -2.38. The number of carbonyl (C=O) groups is 1. The van der Waals surface area contributed by atoms with Gasteiger partial charge in [-0.25, -0.2) is 0 Å². The first-order valence-electron chi connectivity index (χ1n) is 7.05. The van der Waals surface area contributed by atoms with Crippen LogP contribution in [0.25, 0.3) is 0 Å². The predicted molar refractivity (Wildman–Crippen MR) is 91.9 cm³/mol. The summed E-state index contributed by atoms with van der Waals surface area (Å²) in [5, 5.41) is 2.77. The number of thioether (sulfide) groups is 2. The first kappa shape index (κ1) is 15.4. The number of rotatable bonds is 3. The van der Waals surface area contributed by atoms with Crippen LogP contribution in [0.4, 0.5) is 0 Å². The highest BCUT2D eigenvalue weighted by molar-refractivity contribution is 8.18. The molecule has 3 rings (SSSR count). The Hall–Kier alpha value is -1.50. The third-order valence-corrected chi connectivity index (χ3v) is 5.06. The monoisotopic (exact) mass is 332 g/mol. The quantitative estimate of drug-likeness (QED) is 0.628. The van der Waals surface area contributed by atoms with E-state index in [-0.39, 0.29) is 5.91 Å². The van der Waals surface area contributed by atoms with E-state index in [4.69, 9.17) is 4.74 Å². The summed E-state index contributed by atoms with van der Waals surface area (Å²) in [6.07, 6.45) is 3.73. The largest absolute Gasteiger partial charge is 0.378 e. The number of carbonyl (C=O) groups excluding carboxylic acids is 1. The Bertz CT molecular complexity index is 620. The van der Waals surface area contributed by atoms with Crippen molar-refractivity contribution in [1.82, 2.24) is 4.90 Å². The Labute approximate surface area is 138 Å². The summed E-state index contributed by atoms with van der Waals surface area (Å²) >= 11 is 3.07. The molecular formula is C16H16N2O2S2. The zero-order valence-electron chi connectivity index (χ0n) is 12.0. The number of benzene rings is 1. The Morgan fingerprint density at radius 1 is 1.23 bits per heavy atom. The topological polar surface area (TPSA) is 41.9 Å². The zero-order chi connectivity index (χ0) is 15.2. The van der Waals surface area contributed by atoms with E-state index in [0.29, 0.717) is 18.1 Å². The maximum absolute atomic E-state index is 11.9. The van der Waals surface area contributed by atoms with E-state index in [1.54, 1.807) is 11.8 Å². The zero-order valence-corrected chi connectivity index (χ0v) is 13.6. The molecule has 1 aromatic carbocycles. The van der Waals surface area contributed by atoms with Crippen LogP contribution in [0.1, 0.15) is 0 Å².